The summed E-state index contributed by atoms with van der Waals surface area (Å²) >= 11 is 0. The maximum Gasteiger partial charge on any atom is 0.224 e. The number of hydrogen-bond acceptors (Lipinski definition) is 3. The van der Waals surface area contributed by atoms with Crippen LogP contribution in [0, 0.1) is 11.7 Å². The summed E-state index contributed by atoms with van der Waals surface area (Å²) in [6.07, 6.45) is 8.22. The molecule has 0 bridgehead atoms. The second kappa shape index (κ2) is 10.0. The van der Waals surface area contributed by atoms with Crippen LogP contribution in [-0.2, 0) is 4.79 Å². The van der Waals surface area contributed by atoms with Crippen molar-refractivity contribution in [2.24, 2.45) is 5.92 Å². The van der Waals surface area contributed by atoms with Crippen molar-refractivity contribution in [3.8, 4) is 11.5 Å². The number of nitrogens with zero attached hydrogens (tertiary/aromatic N) is 1. The van der Waals surface area contributed by atoms with Crippen molar-refractivity contribution in [1.82, 2.24) is 4.98 Å². The molecule has 1 aromatic heterocycles. The van der Waals surface area contributed by atoms with Crippen LogP contribution in [0.25, 0.3) is 10.8 Å². The van der Waals surface area contributed by atoms with Crippen LogP contribution in [-0.4, -0.2) is 10.9 Å². The highest BCUT2D eigenvalue weighted by Gasteiger charge is 2.15. The first-order chi connectivity index (χ1) is 14.1. The highest BCUT2D eigenvalue weighted by Crippen LogP contribution is 2.34. The molecule has 0 saturated heterocycles. The van der Waals surface area contributed by atoms with Gasteiger partial charge in [0.05, 0.1) is 5.69 Å². The predicted octanol–water partition coefficient (Wildman–Crippen LogP) is 6.71. The first-order valence-corrected chi connectivity index (χ1v) is 10.2. The van der Waals surface area contributed by atoms with Gasteiger partial charge in [0, 0.05) is 29.6 Å². The fourth-order valence-corrected chi connectivity index (χ4v) is 3.62. The number of nitrogens with one attached hydrogen (secondary N) is 1. The summed E-state index contributed by atoms with van der Waals surface area (Å²) in [5.74, 6) is 1.30. The second-order valence-corrected chi connectivity index (χ2v) is 7.28. The molecule has 3 rings (SSSR count). The maximum atomic E-state index is 13.1. The lowest BCUT2D eigenvalue weighted by atomic mass is 9.94. The maximum absolute atomic E-state index is 13.1. The smallest absolute Gasteiger partial charge is 0.224 e. The van der Waals surface area contributed by atoms with Crippen molar-refractivity contribution in [3.05, 3.63) is 60.7 Å². The molecule has 0 aliphatic carbocycles. The van der Waals surface area contributed by atoms with Crippen LogP contribution in [0.15, 0.2) is 54.9 Å². The average Bonchev–Trinajstić information content (AvgIpc) is 2.72. The SMILES string of the molecule is CCCC(CCC)CC(=O)Nc1ccc(Oc2ccc(F)cc2)c2ccncc12. The van der Waals surface area contributed by atoms with E-state index in [1.54, 1.807) is 24.5 Å². The molecule has 1 amide bonds. The number of amides is 1. The molecule has 0 aliphatic rings. The normalized spacial score (nSPS) is 11.0. The largest absolute Gasteiger partial charge is 0.457 e. The van der Waals surface area contributed by atoms with Gasteiger partial charge in [-0.15, -0.1) is 0 Å². The van der Waals surface area contributed by atoms with Crippen LogP contribution >= 0.6 is 0 Å². The Hall–Kier alpha value is -2.95. The summed E-state index contributed by atoms with van der Waals surface area (Å²) in [7, 11) is 0. The van der Waals surface area contributed by atoms with Crippen LogP contribution in [0.1, 0.15) is 46.0 Å². The molecule has 0 atom stereocenters. The van der Waals surface area contributed by atoms with E-state index in [4.69, 9.17) is 4.74 Å². The lowest BCUT2D eigenvalue weighted by Crippen LogP contribution is -2.17. The van der Waals surface area contributed by atoms with E-state index in [0.717, 1.165) is 42.1 Å². The second-order valence-electron chi connectivity index (χ2n) is 7.28. The Morgan fingerprint density at radius 3 is 2.45 bits per heavy atom. The molecule has 152 valence electrons. The Labute approximate surface area is 171 Å². The van der Waals surface area contributed by atoms with Crippen molar-refractivity contribution < 1.29 is 13.9 Å². The number of halogens is 1. The Morgan fingerprint density at radius 1 is 1.03 bits per heavy atom. The van der Waals surface area contributed by atoms with Crippen molar-refractivity contribution in [2.75, 3.05) is 5.32 Å². The summed E-state index contributed by atoms with van der Waals surface area (Å²) in [4.78, 5) is 16.8. The molecule has 2 aromatic carbocycles. The van der Waals surface area contributed by atoms with Crippen molar-refractivity contribution in [2.45, 2.75) is 46.0 Å². The topological polar surface area (TPSA) is 51.2 Å². The average molecular weight is 394 g/mol. The molecular formula is C24H27FN2O2. The van der Waals surface area contributed by atoms with E-state index in [9.17, 15) is 9.18 Å². The van der Waals surface area contributed by atoms with Gasteiger partial charge in [0.2, 0.25) is 5.91 Å². The van der Waals surface area contributed by atoms with E-state index >= 15 is 0 Å². The van der Waals surface area contributed by atoms with Gasteiger partial charge in [-0.1, -0.05) is 39.5 Å². The Bertz CT molecular complexity index is 951. The van der Waals surface area contributed by atoms with Gasteiger partial charge >= 0.3 is 0 Å². The number of ether oxygens (including phenoxy) is 1. The Balaban J connectivity index is 1.81. The lowest BCUT2D eigenvalue weighted by Gasteiger charge is -2.16. The number of hydrogen-bond donors (Lipinski definition) is 1. The van der Waals surface area contributed by atoms with Gasteiger partial charge in [0.15, 0.2) is 0 Å². The molecule has 0 spiro atoms. The van der Waals surface area contributed by atoms with E-state index in [1.807, 2.05) is 18.2 Å². The Kier molecular flexibility index (Phi) is 7.17. The number of pyridine rings is 1. The van der Waals surface area contributed by atoms with Gasteiger partial charge in [-0.3, -0.25) is 9.78 Å². The predicted molar refractivity (Wildman–Crippen MR) is 115 cm³/mol. The number of aromatic nitrogens is 1. The highest BCUT2D eigenvalue weighted by atomic mass is 19.1. The highest BCUT2D eigenvalue weighted by molar-refractivity contribution is 6.04. The van der Waals surface area contributed by atoms with E-state index < -0.39 is 0 Å². The summed E-state index contributed by atoms with van der Waals surface area (Å²) in [6, 6.07) is 11.4. The van der Waals surface area contributed by atoms with Gasteiger partial charge in [0.1, 0.15) is 17.3 Å². The number of carbonyl (C=O) groups excluding carboxylic acids is 1. The van der Waals surface area contributed by atoms with E-state index in [1.165, 1.54) is 12.1 Å². The minimum atomic E-state index is -0.311. The molecular weight excluding hydrogens is 367 g/mol. The van der Waals surface area contributed by atoms with Gasteiger partial charge in [-0.2, -0.15) is 0 Å². The molecule has 4 nitrogen and oxygen atoms in total. The quantitative estimate of drug-likeness (QED) is 0.439. The molecule has 0 fully saturated rings. The van der Waals surface area contributed by atoms with Gasteiger partial charge < -0.3 is 10.1 Å². The molecule has 1 N–H and O–H groups in total. The fraction of sp³-hybridized carbons (Fsp3) is 0.333. The third kappa shape index (κ3) is 5.53. The molecule has 0 saturated carbocycles. The third-order valence-electron chi connectivity index (χ3n) is 4.96. The summed E-state index contributed by atoms with van der Waals surface area (Å²) < 4.78 is 19.1. The van der Waals surface area contributed by atoms with Crippen LogP contribution in [0.3, 0.4) is 0 Å². The zero-order chi connectivity index (χ0) is 20.6. The number of anilines is 1. The molecule has 1 heterocycles. The number of benzene rings is 2. The molecule has 0 unspecified atom stereocenters. The first-order valence-electron chi connectivity index (χ1n) is 10.2. The van der Waals surface area contributed by atoms with Gasteiger partial charge in [-0.05, 0) is 48.4 Å². The van der Waals surface area contributed by atoms with Gasteiger partial charge in [0.25, 0.3) is 0 Å². The van der Waals surface area contributed by atoms with E-state index in [2.05, 4.69) is 24.1 Å². The summed E-state index contributed by atoms with van der Waals surface area (Å²) in [5, 5.41) is 4.69. The van der Waals surface area contributed by atoms with Crippen LogP contribution < -0.4 is 10.1 Å². The standard InChI is InChI=1S/C24H27FN2O2/c1-3-5-17(6-4-2)15-24(28)27-22-11-12-23(20-13-14-26-16-21(20)22)29-19-9-7-18(25)8-10-19/h7-14,16-17H,3-6,15H2,1-2H3,(H,27,28). The van der Waals surface area contributed by atoms with Crippen LogP contribution in [0.5, 0.6) is 11.5 Å². The Morgan fingerprint density at radius 2 is 1.76 bits per heavy atom. The van der Waals surface area contributed by atoms with E-state index in [-0.39, 0.29) is 11.7 Å². The zero-order valence-corrected chi connectivity index (χ0v) is 17.0. The number of rotatable bonds is 9. The molecule has 0 aliphatic heterocycles. The van der Waals surface area contributed by atoms with Crippen LogP contribution in [0.2, 0.25) is 0 Å². The molecule has 0 radical (unpaired) electrons. The fourth-order valence-electron chi connectivity index (χ4n) is 3.62. The summed E-state index contributed by atoms with van der Waals surface area (Å²) in [6.45, 7) is 4.30. The minimum absolute atomic E-state index is 0.0225. The monoisotopic (exact) mass is 394 g/mol. The zero-order valence-electron chi connectivity index (χ0n) is 17.0. The van der Waals surface area contributed by atoms with Crippen molar-refractivity contribution in [3.63, 3.8) is 0 Å². The summed E-state index contributed by atoms with van der Waals surface area (Å²) in [5.41, 5.74) is 0.719. The van der Waals surface area contributed by atoms with Crippen molar-refractivity contribution >= 4 is 22.4 Å². The van der Waals surface area contributed by atoms with E-state index in [0.29, 0.717) is 23.8 Å². The molecule has 5 heteroatoms. The lowest BCUT2D eigenvalue weighted by molar-refractivity contribution is -0.117. The van der Waals surface area contributed by atoms with Crippen LogP contribution in [0.4, 0.5) is 10.1 Å². The molecule has 3 aromatic rings. The number of carbonyl (C=O) groups is 1. The third-order valence-corrected chi connectivity index (χ3v) is 4.96. The van der Waals surface area contributed by atoms with Gasteiger partial charge in [-0.25, -0.2) is 4.39 Å². The molecule has 29 heavy (non-hydrogen) atoms. The van der Waals surface area contributed by atoms with Crippen molar-refractivity contribution in [1.29, 1.82) is 0 Å². The number of fused-ring (bicyclic) bond motifs is 1. The minimum Gasteiger partial charge on any atom is -0.457 e. The first kappa shape index (κ1) is 20.8.